The third-order valence-corrected chi connectivity index (χ3v) is 6.87. The normalized spacial score (nSPS) is 11.7. The van der Waals surface area contributed by atoms with Gasteiger partial charge in [0, 0.05) is 34.5 Å². The van der Waals surface area contributed by atoms with E-state index in [0.29, 0.717) is 13.2 Å². The molecule has 4 nitrogen and oxygen atoms in total. The van der Waals surface area contributed by atoms with Crippen LogP contribution in [0.25, 0.3) is 0 Å². The van der Waals surface area contributed by atoms with E-state index in [1.165, 1.54) is 0 Å². The second-order valence-electron chi connectivity index (χ2n) is 4.30. The molecule has 0 aromatic heterocycles. The van der Waals surface area contributed by atoms with Gasteiger partial charge in [-0.2, -0.15) is 0 Å². The first-order chi connectivity index (χ1) is 8.74. The van der Waals surface area contributed by atoms with Gasteiger partial charge >= 0.3 is 0 Å². The molecule has 0 radical (unpaired) electrons. The molecule has 0 aliphatic rings. The van der Waals surface area contributed by atoms with Gasteiger partial charge in [0.05, 0.1) is 13.2 Å². The third kappa shape index (κ3) is 8.00. The molecule has 0 N–H and O–H groups in total. The minimum atomic E-state index is -1.86. The summed E-state index contributed by atoms with van der Waals surface area (Å²) in [7, 11) is 3.29. The predicted octanol–water partition coefficient (Wildman–Crippen LogP) is 2.39. The molecule has 0 aliphatic carbocycles. The van der Waals surface area contributed by atoms with Gasteiger partial charge in [-0.05, 0) is 24.9 Å². The number of rotatable bonds is 13. The first kappa shape index (κ1) is 17.8. The van der Waals surface area contributed by atoms with Gasteiger partial charge in [0.2, 0.25) is 8.32 Å². The van der Waals surface area contributed by atoms with Gasteiger partial charge in [0.1, 0.15) is 0 Å². The van der Waals surface area contributed by atoms with Gasteiger partial charge in [0.15, 0.2) is 0 Å². The Balaban J connectivity index is 4.25. The van der Waals surface area contributed by atoms with Crippen LogP contribution in [0.4, 0.5) is 0 Å². The molecule has 0 amide bonds. The number of hydrogen-bond acceptors (Lipinski definition) is 4. The molecule has 0 saturated heterocycles. The average Bonchev–Trinajstić information content (AvgIpc) is 2.39. The minimum absolute atomic E-state index is 0.636. The topological polar surface area (TPSA) is 36.9 Å². The zero-order chi connectivity index (χ0) is 13.7. The van der Waals surface area contributed by atoms with Gasteiger partial charge in [-0.15, -0.1) is 6.58 Å². The van der Waals surface area contributed by atoms with Crippen LogP contribution in [0.2, 0.25) is 12.1 Å². The fourth-order valence-corrected chi connectivity index (χ4v) is 4.93. The van der Waals surface area contributed by atoms with Crippen molar-refractivity contribution in [1.29, 1.82) is 0 Å². The molecule has 0 aliphatic heterocycles. The van der Waals surface area contributed by atoms with Crippen molar-refractivity contribution >= 4 is 8.32 Å². The van der Waals surface area contributed by atoms with Crippen molar-refractivity contribution in [2.24, 2.45) is 0 Å². The minimum Gasteiger partial charge on any atom is -0.411 e. The monoisotopic (exact) mass is 276 g/mol. The standard InChI is InChI=1S/C13H28O4Si/c1-5-18(12-6-8-14-2,13-7-9-15-3)17-11-10-16-4/h5H,1,6-13H2,2-4H3. The first-order valence-corrected chi connectivity index (χ1v) is 8.89. The highest BCUT2D eigenvalue weighted by atomic mass is 28.4. The van der Waals surface area contributed by atoms with Crippen LogP contribution in [0.15, 0.2) is 12.3 Å². The molecule has 108 valence electrons. The summed E-state index contributed by atoms with van der Waals surface area (Å²) in [6.07, 6.45) is 2.05. The van der Waals surface area contributed by atoms with Crippen molar-refractivity contribution in [3.8, 4) is 0 Å². The molecule has 5 heteroatoms. The van der Waals surface area contributed by atoms with Gasteiger partial charge in [-0.3, -0.25) is 0 Å². The fraction of sp³-hybridized carbons (Fsp3) is 0.846. The Hall–Kier alpha value is -0.203. The van der Waals surface area contributed by atoms with E-state index in [4.69, 9.17) is 18.6 Å². The molecule has 0 bridgehead atoms. The Labute approximate surface area is 112 Å². The van der Waals surface area contributed by atoms with Gasteiger partial charge in [0.25, 0.3) is 0 Å². The lowest BCUT2D eigenvalue weighted by Gasteiger charge is -2.28. The Morgan fingerprint density at radius 2 is 1.33 bits per heavy atom. The summed E-state index contributed by atoms with van der Waals surface area (Å²) in [6.45, 7) is 6.82. The average molecular weight is 276 g/mol. The molecule has 0 spiro atoms. The molecular formula is C13H28O4Si. The summed E-state index contributed by atoms with van der Waals surface area (Å²) in [4.78, 5) is 0. The Morgan fingerprint density at radius 3 is 1.72 bits per heavy atom. The Kier molecular flexibility index (Phi) is 11.7. The highest BCUT2D eigenvalue weighted by molar-refractivity contribution is 6.78. The lowest BCUT2D eigenvalue weighted by atomic mass is 10.5. The second-order valence-corrected chi connectivity index (χ2v) is 8.13. The molecular weight excluding hydrogens is 248 g/mol. The molecule has 0 unspecified atom stereocenters. The molecule has 0 atom stereocenters. The highest BCUT2D eigenvalue weighted by Gasteiger charge is 2.30. The SMILES string of the molecule is C=C[Si](CCCOC)(CCCOC)OCCOC. The third-order valence-electron chi connectivity index (χ3n) is 2.95. The van der Waals surface area contributed by atoms with Crippen LogP contribution in [0, 0.1) is 0 Å². The molecule has 0 heterocycles. The maximum absolute atomic E-state index is 6.10. The summed E-state index contributed by atoms with van der Waals surface area (Å²) in [6, 6.07) is 2.11. The molecule has 0 rings (SSSR count). The van der Waals surface area contributed by atoms with Crippen LogP contribution < -0.4 is 0 Å². The zero-order valence-corrected chi connectivity index (χ0v) is 13.1. The Bertz CT molecular complexity index is 173. The summed E-state index contributed by atoms with van der Waals surface area (Å²) < 4.78 is 21.4. The van der Waals surface area contributed by atoms with E-state index >= 15 is 0 Å². The van der Waals surface area contributed by atoms with Crippen LogP contribution >= 0.6 is 0 Å². The molecule has 0 aromatic rings. The van der Waals surface area contributed by atoms with E-state index in [1.54, 1.807) is 21.3 Å². The van der Waals surface area contributed by atoms with Crippen LogP contribution in [0.1, 0.15) is 12.8 Å². The number of ether oxygens (including phenoxy) is 3. The van der Waals surface area contributed by atoms with Crippen molar-refractivity contribution in [2.75, 3.05) is 47.8 Å². The van der Waals surface area contributed by atoms with Crippen molar-refractivity contribution in [3.05, 3.63) is 12.3 Å². The van der Waals surface area contributed by atoms with Crippen LogP contribution in [-0.2, 0) is 18.6 Å². The van der Waals surface area contributed by atoms with E-state index in [9.17, 15) is 0 Å². The molecule has 18 heavy (non-hydrogen) atoms. The Morgan fingerprint density at radius 1 is 0.833 bits per heavy atom. The lowest BCUT2D eigenvalue weighted by molar-refractivity contribution is 0.140. The van der Waals surface area contributed by atoms with Crippen molar-refractivity contribution in [3.63, 3.8) is 0 Å². The quantitative estimate of drug-likeness (QED) is 0.382. The van der Waals surface area contributed by atoms with Gasteiger partial charge in [-0.1, -0.05) is 5.70 Å². The first-order valence-electron chi connectivity index (χ1n) is 6.49. The maximum Gasteiger partial charge on any atom is 0.216 e. The lowest BCUT2D eigenvalue weighted by Crippen LogP contribution is -2.38. The molecule has 0 aromatic carbocycles. The van der Waals surface area contributed by atoms with Crippen LogP contribution in [0.5, 0.6) is 0 Å². The fourth-order valence-electron chi connectivity index (χ4n) is 1.89. The summed E-state index contributed by atoms with van der Waals surface area (Å²) in [5.41, 5.74) is 2.05. The zero-order valence-electron chi connectivity index (χ0n) is 12.1. The second kappa shape index (κ2) is 11.9. The number of hydrogen-bond donors (Lipinski definition) is 0. The van der Waals surface area contributed by atoms with E-state index in [2.05, 4.69) is 6.58 Å². The van der Waals surface area contributed by atoms with Crippen molar-refractivity contribution < 1.29 is 18.6 Å². The summed E-state index contributed by atoms with van der Waals surface area (Å²) in [5.74, 6) is 0. The van der Waals surface area contributed by atoms with Crippen molar-refractivity contribution in [1.82, 2.24) is 0 Å². The summed E-state index contributed by atoms with van der Waals surface area (Å²) in [5, 5.41) is 0. The van der Waals surface area contributed by atoms with Gasteiger partial charge < -0.3 is 18.6 Å². The summed E-state index contributed by atoms with van der Waals surface area (Å²) >= 11 is 0. The maximum atomic E-state index is 6.10. The van der Waals surface area contributed by atoms with Crippen molar-refractivity contribution in [2.45, 2.75) is 24.9 Å². The van der Waals surface area contributed by atoms with E-state index in [1.807, 2.05) is 5.70 Å². The van der Waals surface area contributed by atoms with E-state index in [0.717, 1.165) is 38.1 Å². The van der Waals surface area contributed by atoms with E-state index in [-0.39, 0.29) is 0 Å². The molecule has 0 fully saturated rings. The number of methoxy groups -OCH3 is 3. The van der Waals surface area contributed by atoms with Gasteiger partial charge in [-0.25, -0.2) is 0 Å². The predicted molar refractivity (Wildman–Crippen MR) is 76.4 cm³/mol. The highest BCUT2D eigenvalue weighted by Crippen LogP contribution is 2.22. The van der Waals surface area contributed by atoms with E-state index < -0.39 is 8.32 Å². The largest absolute Gasteiger partial charge is 0.411 e. The molecule has 0 saturated carbocycles. The van der Waals surface area contributed by atoms with Crippen LogP contribution in [-0.4, -0.2) is 56.1 Å². The van der Waals surface area contributed by atoms with Crippen LogP contribution in [0.3, 0.4) is 0 Å². The smallest absolute Gasteiger partial charge is 0.216 e.